The SMILES string of the molecule is [Cl-].[Cl-].[Zr+4].c1coc(-c2[cH-]c3ccccc3c2-c2cccc3ccccc23)c1.c1coc(-c2[cH-]c3ccccc3c2-c2cccc3ccccc23)c1. The van der Waals surface area contributed by atoms with Crippen LogP contribution in [0.25, 0.3) is 88.0 Å². The van der Waals surface area contributed by atoms with E-state index >= 15 is 0 Å². The molecule has 10 rings (SSSR count). The molecule has 0 radical (unpaired) electrons. The maximum atomic E-state index is 5.72. The molecule has 0 fully saturated rings. The first-order chi connectivity index (χ1) is 23.8. The topological polar surface area (TPSA) is 26.3 Å². The van der Waals surface area contributed by atoms with E-state index in [2.05, 4.69) is 146 Å². The Labute approximate surface area is 328 Å². The molecule has 0 aliphatic carbocycles. The second-order valence-electron chi connectivity index (χ2n) is 12.0. The monoisotopic (exact) mass is 774 g/mol. The number of hydrogen-bond acceptors (Lipinski definition) is 2. The summed E-state index contributed by atoms with van der Waals surface area (Å²) in [6, 6.07) is 59.6. The first kappa shape index (κ1) is 35.9. The van der Waals surface area contributed by atoms with Gasteiger partial charge in [0.15, 0.2) is 0 Å². The van der Waals surface area contributed by atoms with Crippen LogP contribution in [0.2, 0.25) is 0 Å². The Hall–Kier alpha value is -4.92. The summed E-state index contributed by atoms with van der Waals surface area (Å²) < 4.78 is 11.4. The Balaban J connectivity index is 0.000000166. The standard InChI is InChI=1S/2C23H15O.2ClH.Zr/c2*1-3-10-18-16(7-1)9-5-12-20(18)23-19-11-4-2-8-17(19)15-21(23)22-13-6-14-24-22;;;/h2*1-15H;2*1H;/q2*-1;;;+4/p-2. The smallest absolute Gasteiger partial charge is 1.00 e. The van der Waals surface area contributed by atoms with Gasteiger partial charge in [0.25, 0.3) is 0 Å². The predicted molar refractivity (Wildman–Crippen MR) is 200 cm³/mol. The average Bonchev–Trinajstić information content (AvgIpc) is 3.97. The van der Waals surface area contributed by atoms with Gasteiger partial charge in [0, 0.05) is 0 Å². The van der Waals surface area contributed by atoms with Crippen molar-refractivity contribution in [1.29, 1.82) is 0 Å². The van der Waals surface area contributed by atoms with Crippen LogP contribution in [-0.2, 0) is 26.2 Å². The molecular weight excluding hydrogens is 747 g/mol. The number of fused-ring (bicyclic) bond motifs is 4. The van der Waals surface area contributed by atoms with Crippen LogP contribution in [0.3, 0.4) is 0 Å². The molecule has 2 heterocycles. The Bertz CT molecular complexity index is 2480. The molecule has 8 aromatic carbocycles. The predicted octanol–water partition coefficient (Wildman–Crippen LogP) is 7.28. The molecule has 0 unspecified atom stereocenters. The van der Waals surface area contributed by atoms with Gasteiger partial charge in [-0.05, 0) is 33.7 Å². The fraction of sp³-hybridized carbons (Fsp3) is 0. The molecule has 10 aromatic rings. The van der Waals surface area contributed by atoms with Gasteiger partial charge in [0.2, 0.25) is 0 Å². The zero-order chi connectivity index (χ0) is 31.9. The minimum absolute atomic E-state index is 0. The molecule has 0 atom stereocenters. The van der Waals surface area contributed by atoms with Crippen molar-refractivity contribution in [3.63, 3.8) is 0 Å². The third kappa shape index (κ3) is 6.54. The minimum Gasteiger partial charge on any atom is -1.00 e. The number of rotatable bonds is 4. The van der Waals surface area contributed by atoms with Crippen molar-refractivity contribution in [2.45, 2.75) is 0 Å². The van der Waals surface area contributed by atoms with Crippen LogP contribution < -0.4 is 24.8 Å². The second kappa shape index (κ2) is 15.5. The molecule has 51 heavy (non-hydrogen) atoms. The molecule has 0 spiro atoms. The number of hydrogen-bond donors (Lipinski definition) is 0. The van der Waals surface area contributed by atoms with Crippen LogP contribution in [-0.4, -0.2) is 0 Å². The van der Waals surface area contributed by atoms with E-state index in [0.29, 0.717) is 0 Å². The Morgan fingerprint density at radius 1 is 0.353 bits per heavy atom. The third-order valence-corrected chi connectivity index (χ3v) is 9.29. The van der Waals surface area contributed by atoms with Gasteiger partial charge in [0.1, 0.15) is 0 Å². The molecule has 0 saturated heterocycles. The van der Waals surface area contributed by atoms with Crippen molar-refractivity contribution in [2.75, 3.05) is 0 Å². The summed E-state index contributed by atoms with van der Waals surface area (Å²) in [7, 11) is 0. The van der Waals surface area contributed by atoms with E-state index in [1.54, 1.807) is 12.5 Å². The van der Waals surface area contributed by atoms with Crippen molar-refractivity contribution in [1.82, 2.24) is 0 Å². The zero-order valence-electron chi connectivity index (χ0n) is 27.4. The van der Waals surface area contributed by atoms with Crippen molar-refractivity contribution in [3.05, 3.63) is 182 Å². The molecule has 2 aromatic heterocycles. The van der Waals surface area contributed by atoms with Gasteiger partial charge in [-0.2, -0.15) is 0 Å². The summed E-state index contributed by atoms with van der Waals surface area (Å²) in [5.41, 5.74) is 7.30. The van der Waals surface area contributed by atoms with Gasteiger partial charge in [-0.25, -0.2) is 0 Å². The van der Waals surface area contributed by atoms with E-state index in [-0.39, 0.29) is 51.0 Å². The number of furan rings is 2. The van der Waals surface area contributed by atoms with Gasteiger partial charge in [-0.15, -0.1) is 45.8 Å². The van der Waals surface area contributed by atoms with Crippen molar-refractivity contribution in [3.8, 4) is 44.9 Å². The maximum absolute atomic E-state index is 5.72. The molecule has 0 N–H and O–H groups in total. The third-order valence-electron chi connectivity index (χ3n) is 9.29. The van der Waals surface area contributed by atoms with E-state index in [4.69, 9.17) is 8.83 Å². The second-order valence-corrected chi connectivity index (χ2v) is 12.0. The van der Waals surface area contributed by atoms with E-state index in [1.165, 1.54) is 65.3 Å². The van der Waals surface area contributed by atoms with Crippen LogP contribution in [0.15, 0.2) is 191 Å². The number of benzene rings is 6. The summed E-state index contributed by atoms with van der Waals surface area (Å²) in [6.07, 6.45) is 3.47. The van der Waals surface area contributed by atoms with Gasteiger partial charge < -0.3 is 33.6 Å². The normalized spacial score (nSPS) is 10.7. The van der Waals surface area contributed by atoms with Crippen molar-refractivity contribution in [2.24, 2.45) is 0 Å². The Morgan fingerprint density at radius 2 is 0.725 bits per heavy atom. The van der Waals surface area contributed by atoms with Crippen molar-refractivity contribution < 1.29 is 59.9 Å². The molecule has 244 valence electrons. The fourth-order valence-corrected chi connectivity index (χ4v) is 7.17. The summed E-state index contributed by atoms with van der Waals surface area (Å²) in [4.78, 5) is 0. The van der Waals surface area contributed by atoms with Crippen LogP contribution in [0.1, 0.15) is 0 Å². The molecule has 0 amide bonds. The molecule has 0 bridgehead atoms. The summed E-state index contributed by atoms with van der Waals surface area (Å²) in [6.45, 7) is 0. The maximum Gasteiger partial charge on any atom is 4.00 e. The Kier molecular flexibility index (Phi) is 10.9. The largest absolute Gasteiger partial charge is 4.00 e. The summed E-state index contributed by atoms with van der Waals surface area (Å²) >= 11 is 0. The van der Waals surface area contributed by atoms with Crippen LogP contribution in [0.4, 0.5) is 0 Å². The average molecular weight is 777 g/mol. The fourth-order valence-electron chi connectivity index (χ4n) is 7.17. The summed E-state index contributed by atoms with van der Waals surface area (Å²) in [5.74, 6) is 1.82. The molecule has 5 heteroatoms. The first-order valence-corrected chi connectivity index (χ1v) is 16.2. The minimum atomic E-state index is 0. The molecular formula is C46H30Cl2O2Zr. The molecule has 2 nitrogen and oxygen atoms in total. The van der Waals surface area contributed by atoms with Gasteiger partial charge in [0.05, 0.1) is 24.0 Å². The molecule has 0 aliphatic heterocycles. The molecule has 0 saturated carbocycles. The van der Waals surface area contributed by atoms with Crippen LogP contribution in [0.5, 0.6) is 0 Å². The number of halogens is 2. The zero-order valence-corrected chi connectivity index (χ0v) is 31.4. The van der Waals surface area contributed by atoms with Gasteiger partial charge in [-0.1, -0.05) is 167 Å². The van der Waals surface area contributed by atoms with Crippen molar-refractivity contribution >= 4 is 43.1 Å². The first-order valence-electron chi connectivity index (χ1n) is 16.2. The Morgan fingerprint density at radius 3 is 1.14 bits per heavy atom. The van der Waals surface area contributed by atoms with E-state index in [1.807, 2.05) is 24.3 Å². The van der Waals surface area contributed by atoms with Crippen LogP contribution >= 0.6 is 0 Å². The van der Waals surface area contributed by atoms with Crippen LogP contribution in [0, 0.1) is 0 Å². The van der Waals surface area contributed by atoms with E-state index < -0.39 is 0 Å². The quantitative estimate of drug-likeness (QED) is 0.176. The van der Waals surface area contributed by atoms with E-state index in [0.717, 1.165) is 22.6 Å². The molecule has 0 aliphatic rings. The summed E-state index contributed by atoms with van der Waals surface area (Å²) in [5, 5.41) is 10.1. The van der Waals surface area contributed by atoms with Gasteiger partial charge in [-0.3, -0.25) is 0 Å². The van der Waals surface area contributed by atoms with E-state index in [9.17, 15) is 0 Å². The van der Waals surface area contributed by atoms with Gasteiger partial charge >= 0.3 is 26.2 Å².